The third-order valence-corrected chi connectivity index (χ3v) is 4.03. The number of aryl methyl sites for hydroxylation is 1. The quantitative estimate of drug-likeness (QED) is 0.673. The number of hydrogen-bond acceptors (Lipinski definition) is 4. The molecule has 0 aliphatic carbocycles. The molecule has 0 saturated heterocycles. The maximum absolute atomic E-state index is 9.94. The van der Waals surface area contributed by atoms with E-state index < -0.39 is 12.2 Å². The number of hydrogen-bond donors (Lipinski definition) is 3. The average Bonchev–Trinajstić information content (AvgIpc) is 2.47. The van der Waals surface area contributed by atoms with Crippen molar-refractivity contribution in [1.29, 1.82) is 0 Å². The Morgan fingerprint density at radius 2 is 1.91 bits per heavy atom. The Bertz CT molecular complexity index is 445. The van der Waals surface area contributed by atoms with Gasteiger partial charge in [0.05, 0.1) is 6.10 Å². The molecule has 0 unspecified atom stereocenters. The van der Waals surface area contributed by atoms with Gasteiger partial charge in [0.25, 0.3) is 0 Å². The molecule has 1 aromatic carbocycles. The molecule has 2 rings (SSSR count). The van der Waals surface area contributed by atoms with Crippen molar-refractivity contribution in [3.8, 4) is 5.75 Å². The number of aliphatic hydroxyl groups excluding tert-OH is 2. The third-order valence-electron chi connectivity index (χ3n) is 3.79. The molecule has 2 atom stereocenters. The van der Waals surface area contributed by atoms with Crippen LogP contribution in [0.15, 0.2) is 18.2 Å². The van der Waals surface area contributed by atoms with E-state index in [0.29, 0.717) is 18.0 Å². The van der Waals surface area contributed by atoms with Gasteiger partial charge in [-0.05, 0) is 62.5 Å². The Morgan fingerprint density at radius 1 is 1.09 bits per heavy atom. The van der Waals surface area contributed by atoms with Gasteiger partial charge in [0, 0.05) is 5.02 Å². The molecule has 0 spiro atoms. The summed E-state index contributed by atoms with van der Waals surface area (Å²) >= 11 is 6.05. The van der Waals surface area contributed by atoms with Gasteiger partial charge < -0.3 is 20.3 Å². The standard InChI is InChI=1S/C16H24ClNO3.ClH/c17-13-5-6-16-12(10-13)4-2-1-3-8-18-9-7-14(19)15(20)11-21-16;/h5-6,10,14-15,18-20H,1-4,7-9,11H2;1H/t14-,15+;/m0./s1. The zero-order chi connectivity index (χ0) is 15.1. The molecule has 0 aromatic heterocycles. The van der Waals surface area contributed by atoms with Gasteiger partial charge >= 0.3 is 0 Å². The van der Waals surface area contributed by atoms with E-state index in [0.717, 1.165) is 43.5 Å². The first-order valence-electron chi connectivity index (χ1n) is 7.65. The Morgan fingerprint density at radius 3 is 2.73 bits per heavy atom. The first kappa shape index (κ1) is 19.5. The highest BCUT2D eigenvalue weighted by Crippen LogP contribution is 2.25. The topological polar surface area (TPSA) is 61.7 Å². The van der Waals surface area contributed by atoms with E-state index in [-0.39, 0.29) is 19.0 Å². The van der Waals surface area contributed by atoms with Crippen molar-refractivity contribution in [3.05, 3.63) is 28.8 Å². The fraction of sp³-hybridized carbons (Fsp3) is 0.625. The number of ether oxygens (including phenoxy) is 1. The van der Waals surface area contributed by atoms with E-state index in [1.54, 1.807) is 6.07 Å². The minimum atomic E-state index is -0.877. The van der Waals surface area contributed by atoms with Crippen LogP contribution in [0.1, 0.15) is 31.2 Å². The van der Waals surface area contributed by atoms with Gasteiger partial charge in [-0.15, -0.1) is 12.4 Å². The van der Waals surface area contributed by atoms with Crippen LogP contribution in [0.3, 0.4) is 0 Å². The second kappa shape index (κ2) is 10.3. The predicted molar refractivity (Wildman–Crippen MR) is 91.3 cm³/mol. The van der Waals surface area contributed by atoms with E-state index >= 15 is 0 Å². The summed E-state index contributed by atoms with van der Waals surface area (Å²) in [6.07, 6.45) is 3.13. The predicted octanol–water partition coefficient (Wildman–Crippen LogP) is 2.57. The maximum Gasteiger partial charge on any atom is 0.122 e. The summed E-state index contributed by atoms with van der Waals surface area (Å²) in [5.41, 5.74) is 1.06. The van der Waals surface area contributed by atoms with Crippen LogP contribution in [0, 0.1) is 0 Å². The number of nitrogens with one attached hydrogen (secondary N) is 1. The SMILES string of the molecule is Cl.O[C@@H]1COc2ccc(Cl)cc2CCCCCNCC[C@@H]1O. The molecule has 0 amide bonds. The molecule has 0 fully saturated rings. The average molecular weight is 350 g/mol. The fourth-order valence-electron chi connectivity index (χ4n) is 2.48. The summed E-state index contributed by atoms with van der Waals surface area (Å²) < 4.78 is 5.68. The molecule has 1 heterocycles. The first-order chi connectivity index (χ1) is 10.2. The Balaban J connectivity index is 0.00000242. The van der Waals surface area contributed by atoms with Crippen molar-refractivity contribution < 1.29 is 14.9 Å². The molecule has 3 N–H and O–H groups in total. The summed E-state index contributed by atoms with van der Waals surface area (Å²) in [5.74, 6) is 0.751. The van der Waals surface area contributed by atoms with Crippen molar-refractivity contribution in [3.63, 3.8) is 0 Å². The molecule has 1 aliphatic heterocycles. The van der Waals surface area contributed by atoms with E-state index in [1.807, 2.05) is 12.1 Å². The van der Waals surface area contributed by atoms with Gasteiger partial charge in [-0.25, -0.2) is 0 Å². The van der Waals surface area contributed by atoms with Gasteiger partial charge in [-0.3, -0.25) is 0 Å². The summed E-state index contributed by atoms with van der Waals surface area (Å²) in [7, 11) is 0. The van der Waals surface area contributed by atoms with Crippen LogP contribution in [-0.4, -0.2) is 42.1 Å². The first-order valence-corrected chi connectivity index (χ1v) is 8.02. The zero-order valence-corrected chi connectivity index (χ0v) is 14.2. The van der Waals surface area contributed by atoms with E-state index in [4.69, 9.17) is 16.3 Å². The van der Waals surface area contributed by atoms with Crippen LogP contribution < -0.4 is 10.1 Å². The molecule has 0 bridgehead atoms. The number of aliphatic hydroxyl groups is 2. The Kier molecular flexibility index (Phi) is 9.13. The number of halogens is 2. The Labute approximate surface area is 143 Å². The van der Waals surface area contributed by atoms with Crippen LogP contribution >= 0.6 is 24.0 Å². The smallest absolute Gasteiger partial charge is 0.122 e. The molecule has 4 nitrogen and oxygen atoms in total. The maximum atomic E-state index is 9.94. The van der Waals surface area contributed by atoms with Crippen molar-refractivity contribution >= 4 is 24.0 Å². The molecule has 1 aliphatic rings. The van der Waals surface area contributed by atoms with Crippen molar-refractivity contribution in [2.45, 2.75) is 44.3 Å². The molecular formula is C16H25Cl2NO3. The van der Waals surface area contributed by atoms with E-state index in [2.05, 4.69) is 5.32 Å². The van der Waals surface area contributed by atoms with Gasteiger partial charge in [0.1, 0.15) is 18.5 Å². The lowest BCUT2D eigenvalue weighted by Crippen LogP contribution is -2.34. The van der Waals surface area contributed by atoms with Gasteiger partial charge in [-0.2, -0.15) is 0 Å². The van der Waals surface area contributed by atoms with Crippen LogP contribution in [0.4, 0.5) is 0 Å². The highest BCUT2D eigenvalue weighted by Gasteiger charge is 2.17. The second-order valence-corrected chi connectivity index (χ2v) is 5.98. The lowest BCUT2D eigenvalue weighted by molar-refractivity contribution is -0.0114. The normalized spacial score (nSPS) is 24.3. The lowest BCUT2D eigenvalue weighted by Gasteiger charge is -2.20. The van der Waals surface area contributed by atoms with E-state index in [9.17, 15) is 10.2 Å². The summed E-state index contributed by atoms with van der Waals surface area (Å²) in [6, 6.07) is 5.55. The summed E-state index contributed by atoms with van der Waals surface area (Å²) in [6.45, 7) is 1.75. The van der Waals surface area contributed by atoms with Gasteiger partial charge in [0.2, 0.25) is 0 Å². The number of benzene rings is 1. The second-order valence-electron chi connectivity index (χ2n) is 5.55. The fourth-order valence-corrected chi connectivity index (χ4v) is 2.67. The highest BCUT2D eigenvalue weighted by atomic mass is 35.5. The van der Waals surface area contributed by atoms with Crippen LogP contribution in [0.25, 0.3) is 0 Å². The summed E-state index contributed by atoms with van der Waals surface area (Å²) in [4.78, 5) is 0. The Hall–Kier alpha value is -0.520. The molecule has 6 heteroatoms. The molecule has 0 radical (unpaired) electrons. The lowest BCUT2D eigenvalue weighted by atomic mass is 10.1. The van der Waals surface area contributed by atoms with Crippen molar-refractivity contribution in [2.75, 3.05) is 19.7 Å². The molecule has 1 aromatic rings. The molecule has 22 heavy (non-hydrogen) atoms. The third kappa shape index (κ3) is 6.31. The van der Waals surface area contributed by atoms with Crippen molar-refractivity contribution in [1.82, 2.24) is 5.32 Å². The largest absolute Gasteiger partial charge is 0.491 e. The number of fused-ring (bicyclic) bond motifs is 1. The van der Waals surface area contributed by atoms with Crippen molar-refractivity contribution in [2.24, 2.45) is 0 Å². The van der Waals surface area contributed by atoms with Crippen LogP contribution in [-0.2, 0) is 6.42 Å². The van der Waals surface area contributed by atoms with Gasteiger partial charge in [-0.1, -0.05) is 18.0 Å². The van der Waals surface area contributed by atoms with Crippen LogP contribution in [0.2, 0.25) is 5.02 Å². The minimum Gasteiger partial charge on any atom is -0.491 e. The minimum absolute atomic E-state index is 0. The zero-order valence-electron chi connectivity index (χ0n) is 12.6. The van der Waals surface area contributed by atoms with E-state index in [1.165, 1.54) is 0 Å². The summed E-state index contributed by atoms with van der Waals surface area (Å²) in [5, 5.41) is 23.8. The molecule has 126 valence electrons. The molecule has 0 saturated carbocycles. The number of rotatable bonds is 0. The van der Waals surface area contributed by atoms with Gasteiger partial charge in [0.15, 0.2) is 0 Å². The highest BCUT2D eigenvalue weighted by molar-refractivity contribution is 6.30. The molecular weight excluding hydrogens is 325 g/mol. The van der Waals surface area contributed by atoms with Crippen LogP contribution in [0.5, 0.6) is 5.75 Å². The monoisotopic (exact) mass is 349 g/mol.